The maximum atomic E-state index is 10.9. The molecule has 28 heavy (non-hydrogen) atoms. The SMILES string of the molecule is Cl.Cn1c(-c2ccc(OCC(N)=O)cc2Cl)nnc1C1(c2ccccc2)CC1. The molecule has 0 atom stereocenters. The molecule has 8 heteroatoms. The van der Waals surface area contributed by atoms with Gasteiger partial charge < -0.3 is 15.0 Å². The number of carbonyl (C=O) groups is 1. The lowest BCUT2D eigenvalue weighted by Crippen LogP contribution is -2.20. The summed E-state index contributed by atoms with van der Waals surface area (Å²) in [4.78, 5) is 10.9. The van der Waals surface area contributed by atoms with Crippen molar-refractivity contribution in [3.8, 4) is 17.1 Å². The summed E-state index contributed by atoms with van der Waals surface area (Å²) in [6.07, 6.45) is 2.10. The molecular formula is C20H20Cl2N4O2. The van der Waals surface area contributed by atoms with Gasteiger partial charge in [-0.05, 0) is 36.6 Å². The lowest BCUT2D eigenvalue weighted by atomic mass is 9.95. The zero-order chi connectivity index (χ0) is 19.0. The zero-order valence-electron chi connectivity index (χ0n) is 15.3. The Kier molecular flexibility index (Phi) is 5.63. The van der Waals surface area contributed by atoms with Crippen molar-refractivity contribution in [3.63, 3.8) is 0 Å². The molecule has 0 saturated heterocycles. The molecule has 1 aromatic heterocycles. The first-order chi connectivity index (χ1) is 13.0. The Balaban J connectivity index is 0.00000225. The number of benzene rings is 2. The second-order valence-electron chi connectivity index (χ2n) is 6.75. The number of carbonyl (C=O) groups excluding carboxylic acids is 1. The highest BCUT2D eigenvalue weighted by atomic mass is 35.5. The molecule has 1 heterocycles. The molecule has 0 bridgehead atoms. The van der Waals surface area contributed by atoms with E-state index in [0.717, 1.165) is 24.2 Å². The number of nitrogens with zero attached hydrogens (tertiary/aromatic N) is 3. The number of halogens is 2. The molecule has 1 aliphatic rings. The van der Waals surface area contributed by atoms with Crippen LogP contribution in [0, 0.1) is 0 Å². The van der Waals surface area contributed by atoms with E-state index in [1.807, 2.05) is 35.9 Å². The minimum atomic E-state index is -0.538. The molecule has 146 valence electrons. The fourth-order valence-corrected chi connectivity index (χ4v) is 3.68. The molecule has 6 nitrogen and oxygen atoms in total. The fraction of sp³-hybridized carbons (Fsp3) is 0.250. The van der Waals surface area contributed by atoms with Crippen LogP contribution in [0.3, 0.4) is 0 Å². The van der Waals surface area contributed by atoms with Crippen molar-refractivity contribution in [2.75, 3.05) is 6.61 Å². The second-order valence-corrected chi connectivity index (χ2v) is 7.16. The average molecular weight is 419 g/mol. The quantitative estimate of drug-likeness (QED) is 0.663. The lowest BCUT2D eigenvalue weighted by Gasteiger charge is -2.15. The minimum absolute atomic E-state index is 0. The average Bonchev–Trinajstić information content (AvgIpc) is 3.38. The first-order valence-electron chi connectivity index (χ1n) is 8.68. The third-order valence-corrected chi connectivity index (χ3v) is 5.25. The summed E-state index contributed by atoms with van der Waals surface area (Å²) < 4.78 is 7.30. The molecule has 4 rings (SSSR count). The van der Waals surface area contributed by atoms with Crippen molar-refractivity contribution in [1.29, 1.82) is 0 Å². The van der Waals surface area contributed by atoms with Crippen molar-refractivity contribution in [2.24, 2.45) is 12.8 Å². The third kappa shape index (κ3) is 3.57. The first kappa shape index (κ1) is 20.2. The van der Waals surface area contributed by atoms with E-state index < -0.39 is 5.91 Å². The smallest absolute Gasteiger partial charge is 0.255 e. The van der Waals surface area contributed by atoms with Crippen LogP contribution in [-0.4, -0.2) is 27.3 Å². The van der Waals surface area contributed by atoms with Gasteiger partial charge in [-0.2, -0.15) is 0 Å². The van der Waals surface area contributed by atoms with Crippen LogP contribution in [0.15, 0.2) is 48.5 Å². The Morgan fingerprint density at radius 2 is 1.93 bits per heavy atom. The highest BCUT2D eigenvalue weighted by molar-refractivity contribution is 6.33. The van der Waals surface area contributed by atoms with Crippen LogP contribution < -0.4 is 10.5 Å². The Morgan fingerprint density at radius 1 is 1.21 bits per heavy atom. The molecule has 1 amide bonds. The molecule has 0 aliphatic heterocycles. The van der Waals surface area contributed by atoms with E-state index >= 15 is 0 Å². The van der Waals surface area contributed by atoms with Crippen LogP contribution in [-0.2, 0) is 17.3 Å². The number of amides is 1. The van der Waals surface area contributed by atoms with Crippen molar-refractivity contribution in [2.45, 2.75) is 18.3 Å². The normalized spacial score (nSPS) is 14.2. The van der Waals surface area contributed by atoms with Crippen molar-refractivity contribution >= 4 is 29.9 Å². The van der Waals surface area contributed by atoms with Gasteiger partial charge in [0.05, 0.1) is 10.4 Å². The Morgan fingerprint density at radius 3 is 2.54 bits per heavy atom. The summed E-state index contributed by atoms with van der Waals surface area (Å²) in [6, 6.07) is 15.6. The summed E-state index contributed by atoms with van der Waals surface area (Å²) in [7, 11) is 1.96. The standard InChI is InChI=1S/C20H19ClN4O2.ClH/c1-25-18(15-8-7-14(11-16(15)21)27-12-17(22)26)23-24-19(25)20(9-10-20)13-5-3-2-4-6-13;/h2-8,11H,9-10,12H2,1H3,(H2,22,26);1H. The van der Waals surface area contributed by atoms with Gasteiger partial charge in [0.1, 0.15) is 11.6 Å². The summed E-state index contributed by atoms with van der Waals surface area (Å²) in [5.74, 6) is 1.57. The molecule has 3 aromatic rings. The predicted molar refractivity (Wildman–Crippen MR) is 110 cm³/mol. The highest BCUT2D eigenvalue weighted by Gasteiger charge is 2.49. The molecule has 0 unspecified atom stereocenters. The molecular weight excluding hydrogens is 399 g/mol. The van der Waals surface area contributed by atoms with Crippen LogP contribution >= 0.6 is 24.0 Å². The second kappa shape index (κ2) is 7.81. The van der Waals surface area contributed by atoms with Gasteiger partial charge in [-0.1, -0.05) is 41.9 Å². The van der Waals surface area contributed by atoms with Gasteiger partial charge in [0.2, 0.25) is 0 Å². The number of primary amides is 1. The molecule has 2 N–H and O–H groups in total. The van der Waals surface area contributed by atoms with Crippen molar-refractivity contribution < 1.29 is 9.53 Å². The lowest BCUT2D eigenvalue weighted by molar-refractivity contribution is -0.119. The number of ether oxygens (including phenoxy) is 1. The monoisotopic (exact) mass is 418 g/mol. The Labute approximate surface area is 174 Å². The van der Waals surface area contributed by atoms with Gasteiger partial charge >= 0.3 is 0 Å². The van der Waals surface area contributed by atoms with Crippen LogP contribution in [0.4, 0.5) is 0 Å². The molecule has 1 saturated carbocycles. The van der Waals surface area contributed by atoms with Gasteiger partial charge in [0.15, 0.2) is 12.4 Å². The van der Waals surface area contributed by atoms with Gasteiger partial charge in [-0.15, -0.1) is 22.6 Å². The summed E-state index contributed by atoms with van der Waals surface area (Å²) in [5.41, 5.74) is 7.04. The summed E-state index contributed by atoms with van der Waals surface area (Å²) in [5, 5.41) is 9.36. The van der Waals surface area contributed by atoms with Crippen LogP contribution in [0.2, 0.25) is 5.02 Å². The van der Waals surface area contributed by atoms with E-state index in [1.54, 1.807) is 12.1 Å². The number of hydrogen-bond donors (Lipinski definition) is 1. The molecule has 0 radical (unpaired) electrons. The van der Waals surface area contributed by atoms with Crippen LogP contribution in [0.1, 0.15) is 24.2 Å². The molecule has 0 spiro atoms. The number of rotatable bonds is 6. The van der Waals surface area contributed by atoms with Crippen molar-refractivity contribution in [1.82, 2.24) is 14.8 Å². The maximum Gasteiger partial charge on any atom is 0.255 e. The minimum Gasteiger partial charge on any atom is -0.484 e. The van der Waals surface area contributed by atoms with Gasteiger partial charge in [-0.25, -0.2) is 0 Å². The highest BCUT2D eigenvalue weighted by Crippen LogP contribution is 2.53. The maximum absolute atomic E-state index is 10.9. The van der Waals surface area contributed by atoms with Gasteiger partial charge in [-0.3, -0.25) is 4.79 Å². The number of nitrogens with two attached hydrogens (primary N) is 1. The van der Waals surface area contributed by atoms with E-state index in [0.29, 0.717) is 16.6 Å². The zero-order valence-corrected chi connectivity index (χ0v) is 16.8. The van der Waals surface area contributed by atoms with Crippen LogP contribution in [0.5, 0.6) is 5.75 Å². The van der Waals surface area contributed by atoms with Gasteiger partial charge in [0, 0.05) is 12.6 Å². The number of aromatic nitrogens is 3. The van der Waals surface area contributed by atoms with E-state index in [2.05, 4.69) is 22.3 Å². The predicted octanol–water partition coefficient (Wildman–Crippen LogP) is 3.50. The topological polar surface area (TPSA) is 83.0 Å². The molecule has 2 aromatic carbocycles. The fourth-order valence-electron chi connectivity index (χ4n) is 3.43. The molecule has 1 aliphatic carbocycles. The van der Waals surface area contributed by atoms with Crippen LogP contribution in [0.25, 0.3) is 11.4 Å². The number of hydrogen-bond acceptors (Lipinski definition) is 4. The van der Waals surface area contributed by atoms with E-state index in [-0.39, 0.29) is 24.4 Å². The van der Waals surface area contributed by atoms with E-state index in [4.69, 9.17) is 22.1 Å². The largest absolute Gasteiger partial charge is 0.484 e. The molecule has 1 fully saturated rings. The van der Waals surface area contributed by atoms with Gasteiger partial charge in [0.25, 0.3) is 5.91 Å². The van der Waals surface area contributed by atoms with E-state index in [9.17, 15) is 4.79 Å². The third-order valence-electron chi connectivity index (χ3n) is 4.94. The Bertz CT molecular complexity index is 1000. The summed E-state index contributed by atoms with van der Waals surface area (Å²) in [6.45, 7) is -0.191. The summed E-state index contributed by atoms with van der Waals surface area (Å²) >= 11 is 6.43. The van der Waals surface area contributed by atoms with E-state index in [1.165, 1.54) is 5.56 Å². The first-order valence-corrected chi connectivity index (χ1v) is 9.05. The Hall–Kier alpha value is -2.57. The van der Waals surface area contributed by atoms with Crippen molar-refractivity contribution in [3.05, 3.63) is 64.9 Å².